The molecule has 0 saturated carbocycles. The summed E-state index contributed by atoms with van der Waals surface area (Å²) in [5.74, 6) is 0. The summed E-state index contributed by atoms with van der Waals surface area (Å²) in [7, 11) is 0. The van der Waals surface area contributed by atoms with Crippen LogP contribution < -0.4 is 0 Å². The summed E-state index contributed by atoms with van der Waals surface area (Å²) in [4.78, 5) is 0. The van der Waals surface area contributed by atoms with Crippen LogP contribution in [0.25, 0.3) is 98.8 Å². The van der Waals surface area contributed by atoms with Crippen molar-refractivity contribution in [2.45, 2.75) is 0 Å². The van der Waals surface area contributed by atoms with E-state index < -0.39 is 0 Å². The maximum Gasteiger partial charge on any atom is 0.0547 e. The van der Waals surface area contributed by atoms with E-state index in [1.807, 2.05) is 0 Å². The maximum absolute atomic E-state index is 2.47. The number of benzene rings is 9. The topological polar surface area (TPSA) is 9.86 Å². The van der Waals surface area contributed by atoms with E-state index in [9.17, 15) is 0 Å². The molecule has 0 spiro atoms. The molecule has 0 bridgehead atoms. The van der Waals surface area contributed by atoms with E-state index in [1.54, 1.807) is 0 Å². The molecular formula is C50H32N2. The lowest BCUT2D eigenvalue weighted by Gasteiger charge is -2.19. The van der Waals surface area contributed by atoms with Gasteiger partial charge in [-0.15, -0.1) is 0 Å². The van der Waals surface area contributed by atoms with Gasteiger partial charge in [0.05, 0.1) is 22.1 Å². The number of rotatable bonds is 4. The van der Waals surface area contributed by atoms with Gasteiger partial charge in [0.1, 0.15) is 0 Å². The number of hydrogen-bond donors (Lipinski definition) is 0. The first kappa shape index (κ1) is 28.9. The summed E-state index contributed by atoms with van der Waals surface area (Å²) >= 11 is 0. The fourth-order valence-electron chi connectivity index (χ4n) is 8.69. The van der Waals surface area contributed by atoms with Crippen LogP contribution in [0.5, 0.6) is 0 Å². The predicted octanol–water partition coefficient (Wildman–Crippen LogP) is 13.5. The standard InChI is InChI=1S/C50H32N2/c1-5-17-33(18-6-1)49-41-29-39-37-25-13-15-27-45(37)52(36-23-11-4-12-24-36)48(39)32-44(41)50(34-19-7-2-8-20-34)42-30-40-38-26-14-16-28-46(38)51(47(40)31-43(42)49)35-21-9-3-10-22-35/h1-32H. The minimum Gasteiger partial charge on any atom is -0.309 e. The van der Waals surface area contributed by atoms with Crippen molar-refractivity contribution in [2.24, 2.45) is 0 Å². The first-order chi connectivity index (χ1) is 25.8. The molecule has 0 N–H and O–H groups in total. The zero-order valence-electron chi connectivity index (χ0n) is 28.4. The van der Waals surface area contributed by atoms with E-state index in [0.29, 0.717) is 0 Å². The highest BCUT2D eigenvalue weighted by atomic mass is 15.0. The van der Waals surface area contributed by atoms with Gasteiger partial charge in [-0.2, -0.15) is 0 Å². The Morgan fingerprint density at radius 1 is 0.231 bits per heavy atom. The average molecular weight is 661 g/mol. The van der Waals surface area contributed by atoms with Gasteiger partial charge in [0.25, 0.3) is 0 Å². The van der Waals surface area contributed by atoms with Crippen molar-refractivity contribution in [3.63, 3.8) is 0 Å². The number of hydrogen-bond acceptors (Lipinski definition) is 0. The van der Waals surface area contributed by atoms with Crippen molar-refractivity contribution in [1.82, 2.24) is 9.13 Å². The summed E-state index contributed by atoms with van der Waals surface area (Å²) in [6, 6.07) is 71.0. The molecule has 0 aliphatic rings. The molecule has 11 rings (SSSR count). The Hall–Kier alpha value is -6.90. The second-order valence-electron chi connectivity index (χ2n) is 13.7. The van der Waals surface area contributed by atoms with Crippen LogP contribution in [0.4, 0.5) is 0 Å². The van der Waals surface area contributed by atoms with E-state index in [0.717, 1.165) is 11.4 Å². The summed E-state index contributed by atoms with van der Waals surface area (Å²) < 4.78 is 4.86. The maximum atomic E-state index is 2.47. The highest BCUT2D eigenvalue weighted by Crippen LogP contribution is 2.48. The average Bonchev–Trinajstić information content (AvgIpc) is 3.71. The monoisotopic (exact) mass is 660 g/mol. The molecule has 0 fully saturated rings. The molecule has 0 aliphatic carbocycles. The van der Waals surface area contributed by atoms with Crippen molar-refractivity contribution in [3.05, 3.63) is 194 Å². The zero-order chi connectivity index (χ0) is 34.2. The smallest absolute Gasteiger partial charge is 0.0547 e. The summed E-state index contributed by atoms with van der Waals surface area (Å²) in [5.41, 5.74) is 12.1. The molecule has 0 atom stereocenters. The lowest BCUT2D eigenvalue weighted by atomic mass is 9.84. The number of fused-ring (bicyclic) bond motifs is 8. The van der Waals surface area contributed by atoms with Crippen molar-refractivity contribution in [3.8, 4) is 33.6 Å². The molecule has 0 radical (unpaired) electrons. The lowest BCUT2D eigenvalue weighted by Crippen LogP contribution is -1.96. The third-order valence-electron chi connectivity index (χ3n) is 10.9. The van der Waals surface area contributed by atoms with Crippen molar-refractivity contribution < 1.29 is 0 Å². The van der Waals surface area contributed by atoms with Gasteiger partial charge in [-0.05, 0) is 104 Å². The molecule has 0 unspecified atom stereocenters. The largest absolute Gasteiger partial charge is 0.309 e. The first-order valence-corrected chi connectivity index (χ1v) is 17.9. The third-order valence-corrected chi connectivity index (χ3v) is 10.9. The molecule has 2 aromatic heterocycles. The molecule has 2 heteroatoms. The quantitative estimate of drug-likeness (QED) is 0.166. The van der Waals surface area contributed by atoms with Crippen molar-refractivity contribution in [2.75, 3.05) is 0 Å². The molecule has 11 aromatic rings. The van der Waals surface area contributed by atoms with Crippen LogP contribution in [0.3, 0.4) is 0 Å². The molecule has 0 amide bonds. The normalized spacial score (nSPS) is 11.8. The second kappa shape index (κ2) is 11.3. The number of aromatic nitrogens is 2. The summed E-state index contributed by atoms with van der Waals surface area (Å²) in [6.45, 7) is 0. The third kappa shape index (κ3) is 4.19. The highest BCUT2D eigenvalue weighted by molar-refractivity contribution is 6.28. The van der Waals surface area contributed by atoms with E-state index in [-0.39, 0.29) is 0 Å². The van der Waals surface area contributed by atoms with E-state index in [2.05, 4.69) is 203 Å². The van der Waals surface area contributed by atoms with E-state index in [4.69, 9.17) is 0 Å². The summed E-state index contributed by atoms with van der Waals surface area (Å²) in [5, 5.41) is 10.0. The molecule has 52 heavy (non-hydrogen) atoms. The van der Waals surface area contributed by atoms with Gasteiger partial charge in [-0.25, -0.2) is 0 Å². The minimum absolute atomic E-state index is 1.16. The lowest BCUT2D eigenvalue weighted by molar-refractivity contribution is 1.18. The van der Waals surface area contributed by atoms with Crippen molar-refractivity contribution in [1.29, 1.82) is 0 Å². The fourth-order valence-corrected chi connectivity index (χ4v) is 8.69. The van der Waals surface area contributed by atoms with Crippen LogP contribution in [0.2, 0.25) is 0 Å². The van der Waals surface area contributed by atoms with Crippen molar-refractivity contribution >= 4 is 65.2 Å². The van der Waals surface area contributed by atoms with Gasteiger partial charge >= 0.3 is 0 Å². The van der Waals surface area contributed by atoms with Crippen LogP contribution in [0, 0.1) is 0 Å². The SMILES string of the molecule is c1ccc(-c2c3cc4c5ccccc5n(-c5ccccc5)c4cc3c(-c3ccccc3)c3cc4c5ccccc5n(-c5ccccc5)c4cc23)cc1. The van der Waals surface area contributed by atoms with Crippen LogP contribution in [-0.4, -0.2) is 9.13 Å². The van der Waals surface area contributed by atoms with Gasteiger partial charge in [0.2, 0.25) is 0 Å². The van der Waals surface area contributed by atoms with Gasteiger partial charge in [-0.3, -0.25) is 0 Å². The molecule has 2 nitrogen and oxygen atoms in total. The van der Waals surface area contributed by atoms with Crippen LogP contribution >= 0.6 is 0 Å². The van der Waals surface area contributed by atoms with Crippen LogP contribution in [0.1, 0.15) is 0 Å². The molecule has 242 valence electrons. The molecule has 0 saturated heterocycles. The Bertz CT molecular complexity index is 2920. The Morgan fingerprint density at radius 3 is 0.962 bits per heavy atom. The number of para-hydroxylation sites is 4. The highest BCUT2D eigenvalue weighted by Gasteiger charge is 2.23. The van der Waals surface area contributed by atoms with Gasteiger partial charge in [0, 0.05) is 32.9 Å². The Kier molecular flexibility index (Phi) is 6.28. The summed E-state index contributed by atoms with van der Waals surface area (Å²) in [6.07, 6.45) is 0. The molecule has 0 aliphatic heterocycles. The number of nitrogens with zero attached hydrogens (tertiary/aromatic N) is 2. The molecular weight excluding hydrogens is 629 g/mol. The van der Waals surface area contributed by atoms with Crippen LogP contribution in [0.15, 0.2) is 194 Å². The zero-order valence-corrected chi connectivity index (χ0v) is 28.4. The fraction of sp³-hybridized carbons (Fsp3) is 0. The minimum atomic E-state index is 1.16. The van der Waals surface area contributed by atoms with Gasteiger partial charge in [-0.1, -0.05) is 133 Å². The predicted molar refractivity (Wildman–Crippen MR) is 221 cm³/mol. The van der Waals surface area contributed by atoms with Gasteiger partial charge in [0.15, 0.2) is 0 Å². The van der Waals surface area contributed by atoms with E-state index in [1.165, 1.54) is 87.4 Å². The Labute approximate surface area is 301 Å². The Balaban J connectivity index is 1.40. The molecule has 2 heterocycles. The van der Waals surface area contributed by atoms with Crippen LogP contribution in [-0.2, 0) is 0 Å². The second-order valence-corrected chi connectivity index (χ2v) is 13.7. The first-order valence-electron chi connectivity index (χ1n) is 17.9. The van der Waals surface area contributed by atoms with Gasteiger partial charge < -0.3 is 9.13 Å². The Morgan fingerprint density at radius 2 is 0.558 bits per heavy atom. The molecule has 9 aromatic carbocycles. The van der Waals surface area contributed by atoms with E-state index >= 15 is 0 Å².